The van der Waals surface area contributed by atoms with Crippen molar-refractivity contribution in [3.63, 3.8) is 0 Å². The van der Waals surface area contributed by atoms with Gasteiger partial charge in [0.2, 0.25) is 11.8 Å². The minimum Gasteiger partial charge on any atom is -0.346 e. The first-order chi connectivity index (χ1) is 12.3. The first-order valence-electron chi connectivity index (χ1n) is 7.99. The zero-order chi connectivity index (χ0) is 19.3. The third-order valence-electron chi connectivity index (χ3n) is 3.65. The van der Waals surface area contributed by atoms with Gasteiger partial charge in [-0.1, -0.05) is 47.0 Å². The van der Waals surface area contributed by atoms with Crippen molar-refractivity contribution in [3.8, 4) is 0 Å². The van der Waals surface area contributed by atoms with Crippen molar-refractivity contribution in [2.45, 2.75) is 25.7 Å². The van der Waals surface area contributed by atoms with E-state index < -0.39 is 0 Å². The maximum atomic E-state index is 12.1. The number of rotatable bonds is 6. The number of carbonyl (C=O) groups excluding carboxylic acids is 2. The summed E-state index contributed by atoms with van der Waals surface area (Å²) in [5, 5.41) is 6.45. The molecule has 0 aliphatic rings. The third-order valence-corrected chi connectivity index (χ3v) is 5.64. The van der Waals surface area contributed by atoms with Crippen molar-refractivity contribution in [2.24, 2.45) is 0 Å². The Labute approximate surface area is 167 Å². The summed E-state index contributed by atoms with van der Waals surface area (Å²) in [4.78, 5) is 24.7. The van der Waals surface area contributed by atoms with Gasteiger partial charge in [0.15, 0.2) is 0 Å². The molecule has 0 bridgehead atoms. The van der Waals surface area contributed by atoms with E-state index in [2.05, 4.69) is 10.6 Å². The smallest absolute Gasteiger partial charge is 0.243 e. The number of carbonyl (C=O) groups is 2. The van der Waals surface area contributed by atoms with E-state index in [0.29, 0.717) is 14.9 Å². The van der Waals surface area contributed by atoms with Crippen LogP contribution < -0.4 is 10.6 Å². The van der Waals surface area contributed by atoms with Crippen LogP contribution in [-0.4, -0.2) is 24.1 Å². The van der Waals surface area contributed by atoms with Gasteiger partial charge in [-0.15, -0.1) is 11.8 Å². The number of nitrogens with one attached hydrogen (secondary N) is 2. The molecule has 0 fully saturated rings. The molecule has 2 aromatic carbocycles. The zero-order valence-corrected chi connectivity index (χ0v) is 17.1. The van der Waals surface area contributed by atoms with Crippen molar-refractivity contribution in [3.05, 3.63) is 57.1 Å². The first-order valence-corrected chi connectivity index (χ1v) is 9.73. The highest BCUT2D eigenvalue weighted by Crippen LogP contribution is 2.33. The topological polar surface area (TPSA) is 58.2 Å². The second kappa shape index (κ2) is 9.31. The van der Waals surface area contributed by atoms with Crippen LogP contribution in [0.25, 0.3) is 0 Å². The fourth-order valence-electron chi connectivity index (χ4n) is 2.55. The van der Waals surface area contributed by atoms with Gasteiger partial charge in [0.1, 0.15) is 0 Å². The quantitative estimate of drug-likeness (QED) is 0.674. The van der Waals surface area contributed by atoms with E-state index in [1.54, 1.807) is 18.2 Å². The van der Waals surface area contributed by atoms with Crippen LogP contribution in [-0.2, 0) is 9.59 Å². The molecule has 2 rings (SSSR count). The van der Waals surface area contributed by atoms with Gasteiger partial charge in [-0.2, -0.15) is 0 Å². The minimum atomic E-state index is -0.269. The fourth-order valence-corrected chi connectivity index (χ4v) is 4.06. The Bertz CT molecular complexity index is 797. The monoisotopic (exact) mass is 410 g/mol. The average Bonchev–Trinajstić information content (AvgIpc) is 2.55. The molecule has 0 aliphatic heterocycles. The largest absolute Gasteiger partial charge is 0.346 e. The number of benzene rings is 2. The highest BCUT2D eigenvalue weighted by Gasteiger charge is 2.12. The standard InChI is InChI=1S/C19H20Cl2N2O2S/c1-11-7-12(2)18(13(3)8-11)23-16(24)9-22-17(25)10-26-19-14(20)5-4-6-15(19)21/h4-8H,9-10H2,1-3H3,(H,22,25)(H,23,24). The lowest BCUT2D eigenvalue weighted by molar-refractivity contribution is -0.122. The molecular formula is C19H20Cl2N2O2S. The van der Waals surface area contributed by atoms with E-state index in [9.17, 15) is 9.59 Å². The molecular weight excluding hydrogens is 391 g/mol. The minimum absolute atomic E-state index is 0.0948. The Morgan fingerprint density at radius 1 is 1.00 bits per heavy atom. The number of halogens is 2. The highest BCUT2D eigenvalue weighted by molar-refractivity contribution is 8.00. The van der Waals surface area contributed by atoms with Crippen molar-refractivity contribution >= 4 is 52.5 Å². The highest BCUT2D eigenvalue weighted by atomic mass is 35.5. The lowest BCUT2D eigenvalue weighted by atomic mass is 10.1. The Balaban J connectivity index is 1.85. The Hall–Kier alpha value is -1.69. The van der Waals surface area contributed by atoms with Crippen LogP contribution >= 0.6 is 35.0 Å². The lowest BCUT2D eigenvalue weighted by Crippen LogP contribution is -2.34. The van der Waals surface area contributed by atoms with Gasteiger partial charge in [-0.05, 0) is 44.0 Å². The molecule has 0 saturated heterocycles. The molecule has 26 heavy (non-hydrogen) atoms. The normalized spacial score (nSPS) is 10.5. The Morgan fingerprint density at radius 3 is 2.15 bits per heavy atom. The number of hydrogen-bond acceptors (Lipinski definition) is 3. The predicted octanol–water partition coefficient (Wildman–Crippen LogP) is 4.77. The van der Waals surface area contributed by atoms with Gasteiger partial charge in [0.25, 0.3) is 0 Å². The Morgan fingerprint density at radius 2 is 1.58 bits per heavy atom. The second-order valence-electron chi connectivity index (χ2n) is 5.94. The van der Waals surface area contributed by atoms with E-state index in [1.807, 2.05) is 32.9 Å². The maximum Gasteiger partial charge on any atom is 0.243 e. The van der Waals surface area contributed by atoms with E-state index in [1.165, 1.54) is 11.8 Å². The van der Waals surface area contributed by atoms with Crippen LogP contribution in [0.4, 0.5) is 5.69 Å². The molecule has 4 nitrogen and oxygen atoms in total. The molecule has 138 valence electrons. The summed E-state index contributed by atoms with van der Waals surface area (Å²) in [6.07, 6.45) is 0. The Kier molecular flexibility index (Phi) is 7.38. The van der Waals surface area contributed by atoms with Crippen molar-refractivity contribution < 1.29 is 9.59 Å². The van der Waals surface area contributed by atoms with Gasteiger partial charge in [-0.3, -0.25) is 9.59 Å². The summed E-state index contributed by atoms with van der Waals surface area (Å²) in [5.41, 5.74) is 3.91. The van der Waals surface area contributed by atoms with Gasteiger partial charge in [-0.25, -0.2) is 0 Å². The van der Waals surface area contributed by atoms with E-state index in [4.69, 9.17) is 23.2 Å². The number of amides is 2. The van der Waals surface area contributed by atoms with Crippen molar-refractivity contribution in [2.75, 3.05) is 17.6 Å². The van der Waals surface area contributed by atoms with Crippen molar-refractivity contribution in [1.82, 2.24) is 5.32 Å². The third kappa shape index (κ3) is 5.66. The molecule has 0 atom stereocenters. The average molecular weight is 411 g/mol. The number of hydrogen-bond donors (Lipinski definition) is 2. The molecule has 2 aromatic rings. The van der Waals surface area contributed by atoms with Crippen LogP contribution in [0.1, 0.15) is 16.7 Å². The fraction of sp³-hybridized carbons (Fsp3) is 0.263. The van der Waals surface area contributed by atoms with E-state index in [0.717, 1.165) is 22.4 Å². The summed E-state index contributed by atoms with van der Waals surface area (Å²) in [6.45, 7) is 5.80. The molecule has 0 unspecified atom stereocenters. The number of thioether (sulfide) groups is 1. The molecule has 0 heterocycles. The molecule has 7 heteroatoms. The number of anilines is 1. The van der Waals surface area contributed by atoms with Gasteiger partial charge >= 0.3 is 0 Å². The first kappa shape index (κ1) is 20.6. The molecule has 0 aromatic heterocycles. The van der Waals surface area contributed by atoms with Crippen LogP contribution in [0.5, 0.6) is 0 Å². The zero-order valence-electron chi connectivity index (χ0n) is 14.8. The summed E-state index contributed by atoms with van der Waals surface area (Å²) in [7, 11) is 0. The molecule has 2 amide bonds. The second-order valence-corrected chi connectivity index (χ2v) is 7.74. The van der Waals surface area contributed by atoms with Gasteiger partial charge < -0.3 is 10.6 Å². The van der Waals surface area contributed by atoms with Crippen LogP contribution in [0, 0.1) is 20.8 Å². The van der Waals surface area contributed by atoms with Crippen molar-refractivity contribution in [1.29, 1.82) is 0 Å². The van der Waals surface area contributed by atoms with Gasteiger partial charge in [0.05, 0.1) is 22.3 Å². The molecule has 0 radical (unpaired) electrons. The van der Waals surface area contributed by atoms with Crippen LogP contribution in [0.2, 0.25) is 10.0 Å². The lowest BCUT2D eigenvalue weighted by Gasteiger charge is -2.13. The van der Waals surface area contributed by atoms with E-state index in [-0.39, 0.29) is 24.1 Å². The maximum absolute atomic E-state index is 12.1. The van der Waals surface area contributed by atoms with E-state index >= 15 is 0 Å². The summed E-state index contributed by atoms with van der Waals surface area (Å²) >= 11 is 13.4. The molecule has 0 spiro atoms. The SMILES string of the molecule is Cc1cc(C)c(NC(=O)CNC(=O)CSc2c(Cl)cccc2Cl)c(C)c1. The molecule has 0 saturated carbocycles. The number of aryl methyl sites for hydroxylation is 3. The summed E-state index contributed by atoms with van der Waals surface area (Å²) in [5.74, 6) is -0.410. The predicted molar refractivity (Wildman–Crippen MR) is 109 cm³/mol. The summed E-state index contributed by atoms with van der Waals surface area (Å²) < 4.78 is 0. The summed E-state index contributed by atoms with van der Waals surface area (Å²) in [6, 6.07) is 9.19. The molecule has 2 N–H and O–H groups in total. The van der Waals surface area contributed by atoms with Crippen LogP contribution in [0.15, 0.2) is 35.2 Å². The van der Waals surface area contributed by atoms with Crippen LogP contribution in [0.3, 0.4) is 0 Å². The van der Waals surface area contributed by atoms with Gasteiger partial charge in [0, 0.05) is 10.6 Å². The molecule has 0 aliphatic carbocycles.